The fourth-order valence-electron chi connectivity index (χ4n) is 3.85. The van der Waals surface area contributed by atoms with E-state index in [9.17, 15) is 9.59 Å². The smallest absolute Gasteiger partial charge is 0.246 e. The molecule has 1 aromatic carbocycles. The molecule has 2 aromatic heterocycles. The molecule has 2 amide bonds. The van der Waals surface area contributed by atoms with Crippen LogP contribution in [0.4, 0.5) is 0 Å². The molecule has 4 rings (SSSR count). The van der Waals surface area contributed by atoms with Crippen LogP contribution < -0.4 is 5.32 Å². The zero-order valence-electron chi connectivity index (χ0n) is 18.2. The highest BCUT2D eigenvalue weighted by molar-refractivity contribution is 7.13. The number of para-hydroxylation sites is 1. The minimum Gasteiger partial charge on any atom is -0.356 e. The average Bonchev–Trinajstić information content (AvgIpc) is 3.51. The highest BCUT2D eigenvalue weighted by Crippen LogP contribution is 2.28. The summed E-state index contributed by atoms with van der Waals surface area (Å²) in [6.07, 6.45) is 7.79. The lowest BCUT2D eigenvalue weighted by atomic mass is 9.96. The molecular weight excluding hydrogens is 420 g/mol. The van der Waals surface area contributed by atoms with Gasteiger partial charge in [0.25, 0.3) is 0 Å². The number of hydrogen-bond donors (Lipinski definition) is 1. The summed E-state index contributed by atoms with van der Waals surface area (Å²) < 4.78 is 1.85. The van der Waals surface area contributed by atoms with Crippen LogP contribution in [0.1, 0.15) is 31.7 Å². The Morgan fingerprint density at radius 2 is 1.94 bits per heavy atom. The molecule has 0 saturated carbocycles. The van der Waals surface area contributed by atoms with E-state index >= 15 is 0 Å². The van der Waals surface area contributed by atoms with Gasteiger partial charge in [-0.2, -0.15) is 5.10 Å². The second kappa shape index (κ2) is 10.4. The third kappa shape index (κ3) is 5.16. The number of nitrogens with zero attached hydrogens (tertiary/aromatic N) is 3. The van der Waals surface area contributed by atoms with Crippen LogP contribution in [-0.4, -0.2) is 46.1 Å². The van der Waals surface area contributed by atoms with E-state index in [1.807, 2.05) is 76.6 Å². The predicted octanol–water partition coefficient (Wildman–Crippen LogP) is 4.38. The van der Waals surface area contributed by atoms with Gasteiger partial charge in [0.15, 0.2) is 0 Å². The van der Waals surface area contributed by atoms with Gasteiger partial charge in [0.05, 0.1) is 10.6 Å². The highest BCUT2D eigenvalue weighted by atomic mass is 32.1. The molecule has 3 heterocycles. The van der Waals surface area contributed by atoms with E-state index in [0.717, 1.165) is 28.2 Å². The summed E-state index contributed by atoms with van der Waals surface area (Å²) in [4.78, 5) is 27.9. The van der Waals surface area contributed by atoms with Crippen LogP contribution in [0.2, 0.25) is 0 Å². The molecule has 166 valence electrons. The van der Waals surface area contributed by atoms with E-state index in [0.29, 0.717) is 32.5 Å². The van der Waals surface area contributed by atoms with Crippen molar-refractivity contribution in [1.29, 1.82) is 0 Å². The Morgan fingerprint density at radius 1 is 1.16 bits per heavy atom. The third-order valence-corrected chi connectivity index (χ3v) is 6.53. The number of amides is 2. The first-order chi connectivity index (χ1) is 15.7. The lowest BCUT2D eigenvalue weighted by Gasteiger charge is -2.30. The summed E-state index contributed by atoms with van der Waals surface area (Å²) in [6, 6.07) is 14.0. The lowest BCUT2D eigenvalue weighted by molar-refractivity contribution is -0.132. The molecule has 0 unspecified atom stereocenters. The number of carbonyl (C=O) groups is 2. The summed E-state index contributed by atoms with van der Waals surface area (Å²) in [5, 5.41) is 9.76. The number of aromatic nitrogens is 2. The lowest BCUT2D eigenvalue weighted by Crippen LogP contribution is -2.42. The molecule has 1 aliphatic heterocycles. The maximum absolute atomic E-state index is 12.8. The topological polar surface area (TPSA) is 67.2 Å². The van der Waals surface area contributed by atoms with Crippen molar-refractivity contribution >= 4 is 29.2 Å². The molecule has 1 aliphatic rings. The first-order valence-electron chi connectivity index (χ1n) is 11.1. The average molecular weight is 449 g/mol. The summed E-state index contributed by atoms with van der Waals surface area (Å²) in [7, 11) is 0. The Hall–Kier alpha value is -3.19. The number of piperidine rings is 1. The van der Waals surface area contributed by atoms with E-state index in [1.54, 1.807) is 17.4 Å². The largest absolute Gasteiger partial charge is 0.356 e. The van der Waals surface area contributed by atoms with E-state index in [-0.39, 0.29) is 17.7 Å². The number of thiophene rings is 1. The van der Waals surface area contributed by atoms with E-state index < -0.39 is 0 Å². The molecule has 1 saturated heterocycles. The summed E-state index contributed by atoms with van der Waals surface area (Å²) in [5.74, 6) is 0.0922. The van der Waals surface area contributed by atoms with Crippen LogP contribution in [-0.2, 0) is 9.59 Å². The summed E-state index contributed by atoms with van der Waals surface area (Å²) in [5.41, 5.74) is 2.73. The van der Waals surface area contributed by atoms with Crippen LogP contribution in [0.5, 0.6) is 0 Å². The Labute approximate surface area is 192 Å². The maximum atomic E-state index is 12.8. The van der Waals surface area contributed by atoms with Crippen molar-refractivity contribution in [1.82, 2.24) is 20.0 Å². The molecule has 0 aliphatic carbocycles. The number of likely N-dealkylation sites (tertiary alicyclic amines) is 1. The zero-order valence-corrected chi connectivity index (χ0v) is 19.1. The van der Waals surface area contributed by atoms with Gasteiger partial charge in [-0.1, -0.05) is 31.2 Å². The number of benzene rings is 1. The van der Waals surface area contributed by atoms with Crippen molar-refractivity contribution in [2.75, 3.05) is 19.6 Å². The molecule has 32 heavy (non-hydrogen) atoms. The molecule has 3 aromatic rings. The fraction of sp³-hybridized carbons (Fsp3) is 0.320. The fourth-order valence-corrected chi connectivity index (χ4v) is 4.58. The monoisotopic (exact) mass is 448 g/mol. The first-order valence-corrected chi connectivity index (χ1v) is 12.0. The van der Waals surface area contributed by atoms with Gasteiger partial charge in [-0.15, -0.1) is 11.3 Å². The van der Waals surface area contributed by atoms with Gasteiger partial charge in [0.2, 0.25) is 11.8 Å². The van der Waals surface area contributed by atoms with Crippen molar-refractivity contribution in [3.8, 4) is 16.3 Å². The molecule has 0 atom stereocenters. The van der Waals surface area contributed by atoms with Crippen LogP contribution in [0.15, 0.2) is 60.1 Å². The number of nitrogens with one attached hydrogen (secondary N) is 1. The van der Waals surface area contributed by atoms with Gasteiger partial charge < -0.3 is 10.2 Å². The van der Waals surface area contributed by atoms with Gasteiger partial charge in [0, 0.05) is 43.4 Å². The minimum absolute atomic E-state index is 0.00381. The second-order valence-corrected chi connectivity index (χ2v) is 8.86. The Kier molecular flexibility index (Phi) is 7.17. The predicted molar refractivity (Wildman–Crippen MR) is 129 cm³/mol. The molecule has 0 spiro atoms. The minimum atomic E-state index is -0.0259. The normalized spacial score (nSPS) is 14.7. The highest BCUT2D eigenvalue weighted by Gasteiger charge is 2.26. The number of hydrogen-bond acceptors (Lipinski definition) is 4. The van der Waals surface area contributed by atoms with Gasteiger partial charge in [-0.3, -0.25) is 9.59 Å². The van der Waals surface area contributed by atoms with Gasteiger partial charge in [-0.25, -0.2) is 4.68 Å². The molecule has 7 heteroatoms. The Bertz CT molecular complexity index is 1060. The van der Waals surface area contributed by atoms with Crippen LogP contribution in [0.3, 0.4) is 0 Å². The van der Waals surface area contributed by atoms with Crippen molar-refractivity contribution in [2.45, 2.75) is 26.2 Å². The third-order valence-electron chi connectivity index (χ3n) is 5.65. The molecule has 1 N–H and O–H groups in total. The van der Waals surface area contributed by atoms with Crippen LogP contribution in [0.25, 0.3) is 22.3 Å². The Morgan fingerprint density at radius 3 is 2.62 bits per heavy atom. The quantitative estimate of drug-likeness (QED) is 0.546. The second-order valence-electron chi connectivity index (χ2n) is 7.91. The molecule has 1 fully saturated rings. The zero-order chi connectivity index (χ0) is 22.3. The summed E-state index contributed by atoms with van der Waals surface area (Å²) >= 11 is 1.63. The number of carbonyl (C=O) groups excluding carboxylic acids is 2. The molecule has 6 nitrogen and oxygen atoms in total. The van der Waals surface area contributed by atoms with Gasteiger partial charge in [-0.05, 0) is 48.9 Å². The van der Waals surface area contributed by atoms with Crippen molar-refractivity contribution < 1.29 is 9.59 Å². The van der Waals surface area contributed by atoms with Crippen molar-refractivity contribution in [3.05, 3.63) is 65.7 Å². The van der Waals surface area contributed by atoms with Gasteiger partial charge >= 0.3 is 0 Å². The van der Waals surface area contributed by atoms with E-state index in [2.05, 4.69) is 5.32 Å². The first kappa shape index (κ1) is 22.0. The summed E-state index contributed by atoms with van der Waals surface area (Å²) in [6.45, 7) is 3.97. The standard InChI is InChI=1S/C25H28N4O2S/c1-2-14-26-25(31)19-12-15-28(16-13-19)23(30)11-10-20-18-29(21-7-4-3-5-8-21)27-24(20)22-9-6-17-32-22/h3-11,17-19H,2,12-16H2,1H3,(H,26,31)/b11-10+. The molecule has 0 bridgehead atoms. The SMILES string of the molecule is CCCNC(=O)C1CCN(C(=O)/C=C/c2cn(-c3ccccc3)nc2-c2cccs2)CC1. The maximum Gasteiger partial charge on any atom is 0.246 e. The van der Waals surface area contributed by atoms with Crippen LogP contribution in [0, 0.1) is 5.92 Å². The van der Waals surface area contributed by atoms with Gasteiger partial charge in [0.1, 0.15) is 5.69 Å². The van der Waals surface area contributed by atoms with E-state index in [4.69, 9.17) is 5.10 Å². The van der Waals surface area contributed by atoms with Crippen LogP contribution >= 0.6 is 11.3 Å². The number of rotatable bonds is 7. The van der Waals surface area contributed by atoms with Crippen molar-refractivity contribution in [2.24, 2.45) is 5.92 Å². The molecule has 0 radical (unpaired) electrons. The van der Waals surface area contributed by atoms with E-state index in [1.165, 1.54) is 0 Å². The Balaban J connectivity index is 1.45. The van der Waals surface area contributed by atoms with Crippen molar-refractivity contribution in [3.63, 3.8) is 0 Å². The molecular formula is C25H28N4O2S.